The maximum Gasteiger partial charge on any atom is 0.267 e. The quantitative estimate of drug-likeness (QED) is 0.810. The molecule has 1 saturated heterocycles. The Kier molecular flexibility index (Phi) is 4.52. The van der Waals surface area contributed by atoms with Gasteiger partial charge in [-0.15, -0.1) is 0 Å². The zero-order chi connectivity index (χ0) is 16.4. The first-order valence-electron chi connectivity index (χ1n) is 8.03. The van der Waals surface area contributed by atoms with Gasteiger partial charge in [-0.1, -0.05) is 0 Å². The Hall–Kier alpha value is -1.70. The molecular formula is C15H21N3O4S. The Labute approximate surface area is 135 Å². The summed E-state index contributed by atoms with van der Waals surface area (Å²) in [5.41, 5.74) is 1.87. The van der Waals surface area contributed by atoms with Crippen LogP contribution in [0.5, 0.6) is 0 Å². The summed E-state index contributed by atoms with van der Waals surface area (Å²) in [6, 6.07) is 1.65. The van der Waals surface area contributed by atoms with Crippen molar-refractivity contribution < 1.29 is 13.2 Å². The lowest BCUT2D eigenvalue weighted by Crippen LogP contribution is -2.36. The third kappa shape index (κ3) is 3.80. The predicted molar refractivity (Wildman–Crippen MR) is 84.9 cm³/mol. The number of hydrogen-bond donors (Lipinski definition) is 1. The zero-order valence-electron chi connectivity index (χ0n) is 13.0. The summed E-state index contributed by atoms with van der Waals surface area (Å²) >= 11 is 0. The Bertz CT molecular complexity index is 769. The van der Waals surface area contributed by atoms with Crippen LogP contribution in [0, 0.1) is 5.92 Å². The van der Waals surface area contributed by atoms with Gasteiger partial charge in [-0.25, -0.2) is 13.1 Å². The highest BCUT2D eigenvalue weighted by Crippen LogP contribution is 2.18. The molecule has 0 aromatic carbocycles. The highest BCUT2D eigenvalue weighted by molar-refractivity contribution is 7.91. The third-order valence-electron chi connectivity index (χ3n) is 4.50. The normalized spacial score (nSPS) is 22.5. The second kappa shape index (κ2) is 6.43. The van der Waals surface area contributed by atoms with Crippen molar-refractivity contribution in [1.82, 2.24) is 15.1 Å². The van der Waals surface area contributed by atoms with Crippen LogP contribution in [0.3, 0.4) is 0 Å². The van der Waals surface area contributed by atoms with Crippen LogP contribution in [0.4, 0.5) is 0 Å². The molecule has 0 bridgehead atoms. The average molecular weight is 339 g/mol. The van der Waals surface area contributed by atoms with E-state index in [1.54, 1.807) is 6.07 Å². The Morgan fingerprint density at radius 3 is 2.87 bits per heavy atom. The highest BCUT2D eigenvalue weighted by atomic mass is 32.2. The van der Waals surface area contributed by atoms with Gasteiger partial charge in [-0.05, 0) is 37.7 Å². The van der Waals surface area contributed by atoms with Crippen LogP contribution >= 0.6 is 0 Å². The molecule has 1 N–H and O–H groups in total. The number of fused-ring (bicyclic) bond motifs is 1. The molecule has 0 radical (unpaired) electrons. The van der Waals surface area contributed by atoms with Gasteiger partial charge in [-0.2, -0.15) is 5.10 Å². The van der Waals surface area contributed by atoms with E-state index in [1.807, 2.05) is 0 Å². The fourth-order valence-electron chi connectivity index (χ4n) is 3.19. The summed E-state index contributed by atoms with van der Waals surface area (Å²) in [6.07, 6.45) is 4.36. The van der Waals surface area contributed by atoms with Crippen LogP contribution in [0.2, 0.25) is 0 Å². The SMILES string of the molecule is O=C(NCCn1nc2c(cc1=O)CCCC2)C1CCS(=O)(=O)C1. The number of carbonyl (C=O) groups excluding carboxylic acids is 1. The van der Waals surface area contributed by atoms with E-state index in [0.717, 1.165) is 36.9 Å². The summed E-state index contributed by atoms with van der Waals surface area (Å²) in [6.45, 7) is 0.582. The van der Waals surface area contributed by atoms with Gasteiger partial charge >= 0.3 is 0 Å². The van der Waals surface area contributed by atoms with E-state index < -0.39 is 15.8 Å². The molecule has 1 fully saturated rings. The number of amides is 1. The van der Waals surface area contributed by atoms with Crippen LogP contribution in [0.25, 0.3) is 0 Å². The summed E-state index contributed by atoms with van der Waals surface area (Å²) in [7, 11) is -3.06. The Balaban J connectivity index is 1.57. The molecule has 3 rings (SSSR count). The van der Waals surface area contributed by atoms with Crippen molar-refractivity contribution in [3.05, 3.63) is 27.7 Å². The van der Waals surface area contributed by atoms with E-state index in [0.29, 0.717) is 13.0 Å². The predicted octanol–water partition coefficient (Wildman–Crippen LogP) is -0.327. The molecule has 1 unspecified atom stereocenters. The minimum absolute atomic E-state index is 0.0735. The molecule has 1 aliphatic carbocycles. The fourth-order valence-corrected chi connectivity index (χ4v) is 4.93. The molecule has 1 aliphatic heterocycles. The van der Waals surface area contributed by atoms with Crippen molar-refractivity contribution in [3.63, 3.8) is 0 Å². The van der Waals surface area contributed by atoms with Crippen LogP contribution < -0.4 is 10.9 Å². The molecule has 0 saturated carbocycles. The number of nitrogens with one attached hydrogen (secondary N) is 1. The summed E-state index contributed by atoms with van der Waals surface area (Å²) in [4.78, 5) is 24.0. The van der Waals surface area contributed by atoms with E-state index in [2.05, 4.69) is 10.4 Å². The number of sulfone groups is 1. The van der Waals surface area contributed by atoms with Gasteiger partial charge in [0.15, 0.2) is 9.84 Å². The van der Waals surface area contributed by atoms with Crippen molar-refractivity contribution in [2.75, 3.05) is 18.1 Å². The topological polar surface area (TPSA) is 98.1 Å². The zero-order valence-corrected chi connectivity index (χ0v) is 13.8. The molecule has 7 nitrogen and oxygen atoms in total. The van der Waals surface area contributed by atoms with Crippen molar-refractivity contribution >= 4 is 15.7 Å². The number of nitrogens with zero attached hydrogens (tertiary/aromatic N) is 2. The van der Waals surface area contributed by atoms with Crippen molar-refractivity contribution in [1.29, 1.82) is 0 Å². The van der Waals surface area contributed by atoms with Gasteiger partial charge in [0.2, 0.25) is 5.91 Å². The summed E-state index contributed by atoms with van der Waals surface area (Å²) < 4.78 is 24.2. The van der Waals surface area contributed by atoms with Gasteiger partial charge in [0.1, 0.15) is 0 Å². The fraction of sp³-hybridized carbons (Fsp3) is 0.667. The van der Waals surface area contributed by atoms with E-state index in [9.17, 15) is 18.0 Å². The highest BCUT2D eigenvalue weighted by Gasteiger charge is 2.32. The molecule has 23 heavy (non-hydrogen) atoms. The molecule has 8 heteroatoms. The largest absolute Gasteiger partial charge is 0.354 e. The number of carbonyl (C=O) groups is 1. The van der Waals surface area contributed by atoms with Gasteiger partial charge in [0.25, 0.3) is 5.56 Å². The number of hydrogen-bond acceptors (Lipinski definition) is 5. The molecule has 1 aromatic heterocycles. The summed E-state index contributed by atoms with van der Waals surface area (Å²) in [5, 5.41) is 7.10. The average Bonchev–Trinajstić information content (AvgIpc) is 2.88. The number of rotatable bonds is 4. The van der Waals surface area contributed by atoms with Crippen LogP contribution in [0.15, 0.2) is 10.9 Å². The lowest BCUT2D eigenvalue weighted by Gasteiger charge is -2.16. The first kappa shape index (κ1) is 16.2. The second-order valence-electron chi connectivity index (χ2n) is 6.28. The minimum Gasteiger partial charge on any atom is -0.354 e. The van der Waals surface area contributed by atoms with E-state index in [4.69, 9.17) is 0 Å². The van der Waals surface area contributed by atoms with Gasteiger partial charge in [-0.3, -0.25) is 9.59 Å². The standard InChI is InChI=1S/C15H21N3O4S/c19-14-9-11-3-1-2-4-13(11)17-18(14)7-6-16-15(20)12-5-8-23(21,22)10-12/h9,12H,1-8,10H2,(H,16,20). The first-order chi connectivity index (χ1) is 10.9. The lowest BCUT2D eigenvalue weighted by atomic mass is 9.97. The Morgan fingerprint density at radius 2 is 2.13 bits per heavy atom. The lowest BCUT2D eigenvalue weighted by molar-refractivity contribution is -0.124. The number of aryl methyl sites for hydroxylation is 2. The first-order valence-corrected chi connectivity index (χ1v) is 9.85. The van der Waals surface area contributed by atoms with E-state index in [1.165, 1.54) is 4.68 Å². The van der Waals surface area contributed by atoms with Crippen molar-refractivity contribution in [2.24, 2.45) is 5.92 Å². The molecule has 1 aromatic rings. The monoisotopic (exact) mass is 339 g/mol. The number of aromatic nitrogens is 2. The molecular weight excluding hydrogens is 318 g/mol. The molecule has 1 atom stereocenters. The van der Waals surface area contributed by atoms with Crippen LogP contribution in [-0.2, 0) is 34.0 Å². The van der Waals surface area contributed by atoms with Gasteiger partial charge < -0.3 is 5.32 Å². The van der Waals surface area contributed by atoms with Gasteiger partial charge in [0, 0.05) is 12.6 Å². The molecule has 2 heterocycles. The molecule has 2 aliphatic rings. The summed E-state index contributed by atoms with van der Waals surface area (Å²) in [5.74, 6) is -0.711. The van der Waals surface area contributed by atoms with Gasteiger partial charge in [0.05, 0.1) is 29.7 Å². The van der Waals surface area contributed by atoms with Crippen molar-refractivity contribution in [3.8, 4) is 0 Å². The van der Waals surface area contributed by atoms with Crippen LogP contribution in [0.1, 0.15) is 30.5 Å². The minimum atomic E-state index is -3.06. The van der Waals surface area contributed by atoms with Crippen LogP contribution in [-0.4, -0.2) is 42.2 Å². The maximum atomic E-state index is 12.0. The molecule has 126 valence electrons. The van der Waals surface area contributed by atoms with E-state index >= 15 is 0 Å². The van der Waals surface area contributed by atoms with Crippen molar-refractivity contribution in [2.45, 2.75) is 38.6 Å². The maximum absolute atomic E-state index is 12.0. The third-order valence-corrected chi connectivity index (χ3v) is 6.27. The van der Waals surface area contributed by atoms with E-state index in [-0.39, 0.29) is 29.5 Å². The smallest absolute Gasteiger partial charge is 0.267 e. The second-order valence-corrected chi connectivity index (χ2v) is 8.50. The molecule has 0 spiro atoms. The Morgan fingerprint density at radius 1 is 1.35 bits per heavy atom. The molecule has 1 amide bonds.